The average Bonchev–Trinajstić information content (AvgIpc) is 2.55. The summed E-state index contributed by atoms with van der Waals surface area (Å²) in [5.41, 5.74) is 6.50. The summed E-state index contributed by atoms with van der Waals surface area (Å²) in [5.74, 6) is -0.0326. The van der Waals surface area contributed by atoms with Crippen LogP contribution in [0.2, 0.25) is 0 Å². The van der Waals surface area contributed by atoms with Gasteiger partial charge in [-0.15, -0.1) is 11.3 Å². The van der Waals surface area contributed by atoms with Gasteiger partial charge in [0.1, 0.15) is 4.88 Å². The molecular formula is C12H19N3O2S. The molecule has 100 valence electrons. The van der Waals surface area contributed by atoms with E-state index in [1.165, 1.54) is 11.3 Å². The Morgan fingerprint density at radius 2 is 2.22 bits per heavy atom. The SMILES string of the molecule is CN(C)C(=O)c1sc(N2CCCOCC2)cc1N. The average molecular weight is 269 g/mol. The maximum Gasteiger partial charge on any atom is 0.265 e. The lowest BCUT2D eigenvalue weighted by molar-refractivity contribution is 0.0833. The molecule has 18 heavy (non-hydrogen) atoms. The second-order valence-corrected chi connectivity index (χ2v) is 5.55. The molecule has 1 aromatic heterocycles. The number of rotatable bonds is 2. The van der Waals surface area contributed by atoms with E-state index in [4.69, 9.17) is 10.5 Å². The molecule has 1 aliphatic rings. The quantitative estimate of drug-likeness (QED) is 0.878. The summed E-state index contributed by atoms with van der Waals surface area (Å²) in [6, 6.07) is 1.90. The lowest BCUT2D eigenvalue weighted by atomic mass is 10.3. The van der Waals surface area contributed by atoms with Crippen LogP contribution >= 0.6 is 11.3 Å². The molecule has 0 atom stereocenters. The molecule has 2 N–H and O–H groups in total. The predicted molar refractivity (Wildman–Crippen MR) is 74.4 cm³/mol. The molecule has 1 aliphatic heterocycles. The summed E-state index contributed by atoms with van der Waals surface area (Å²) >= 11 is 1.47. The molecule has 0 spiro atoms. The van der Waals surface area contributed by atoms with Crippen molar-refractivity contribution in [2.24, 2.45) is 0 Å². The fraction of sp³-hybridized carbons (Fsp3) is 0.583. The Morgan fingerprint density at radius 3 is 2.94 bits per heavy atom. The molecule has 0 bridgehead atoms. The summed E-state index contributed by atoms with van der Waals surface area (Å²) in [4.78, 5) is 16.4. The van der Waals surface area contributed by atoms with E-state index in [1.807, 2.05) is 6.07 Å². The maximum absolute atomic E-state index is 11.9. The number of hydrogen-bond donors (Lipinski definition) is 1. The van der Waals surface area contributed by atoms with Crippen molar-refractivity contribution in [3.8, 4) is 0 Å². The van der Waals surface area contributed by atoms with Crippen molar-refractivity contribution in [2.75, 3.05) is 51.0 Å². The topological polar surface area (TPSA) is 58.8 Å². The normalized spacial score (nSPS) is 16.4. The summed E-state index contributed by atoms with van der Waals surface area (Å²) in [6.45, 7) is 3.35. The van der Waals surface area contributed by atoms with Crippen molar-refractivity contribution >= 4 is 27.9 Å². The number of nitrogen functional groups attached to an aromatic ring is 1. The highest BCUT2D eigenvalue weighted by atomic mass is 32.1. The van der Waals surface area contributed by atoms with Crippen LogP contribution in [0, 0.1) is 0 Å². The lowest BCUT2D eigenvalue weighted by Crippen LogP contribution is -2.24. The number of hydrogen-bond acceptors (Lipinski definition) is 5. The highest BCUT2D eigenvalue weighted by molar-refractivity contribution is 7.18. The number of amides is 1. The second kappa shape index (κ2) is 5.58. The maximum atomic E-state index is 11.9. The minimum absolute atomic E-state index is 0.0326. The van der Waals surface area contributed by atoms with E-state index in [0.29, 0.717) is 10.6 Å². The van der Waals surface area contributed by atoms with Crippen LogP contribution < -0.4 is 10.6 Å². The third kappa shape index (κ3) is 2.76. The third-order valence-corrected chi connectivity index (χ3v) is 4.08. The number of ether oxygens (including phenoxy) is 1. The zero-order chi connectivity index (χ0) is 13.1. The highest BCUT2D eigenvalue weighted by Gasteiger charge is 2.19. The van der Waals surface area contributed by atoms with Crippen molar-refractivity contribution < 1.29 is 9.53 Å². The first-order valence-electron chi connectivity index (χ1n) is 6.03. The first kappa shape index (κ1) is 13.2. The van der Waals surface area contributed by atoms with Gasteiger partial charge in [-0.2, -0.15) is 0 Å². The van der Waals surface area contributed by atoms with E-state index in [-0.39, 0.29) is 5.91 Å². The summed E-state index contributed by atoms with van der Waals surface area (Å²) < 4.78 is 5.43. The number of thiophene rings is 1. The Morgan fingerprint density at radius 1 is 1.44 bits per heavy atom. The van der Waals surface area contributed by atoms with Crippen LogP contribution in [-0.2, 0) is 4.74 Å². The van der Waals surface area contributed by atoms with Gasteiger partial charge in [0.25, 0.3) is 5.91 Å². The summed E-state index contributed by atoms with van der Waals surface area (Å²) in [7, 11) is 3.47. The van der Waals surface area contributed by atoms with Gasteiger partial charge in [-0.25, -0.2) is 0 Å². The number of carbonyl (C=O) groups excluding carboxylic acids is 1. The van der Waals surface area contributed by atoms with Crippen LogP contribution in [0.3, 0.4) is 0 Å². The van der Waals surface area contributed by atoms with Crippen molar-refractivity contribution in [3.05, 3.63) is 10.9 Å². The Labute approximate surface area is 111 Å². The number of anilines is 2. The molecule has 2 heterocycles. The zero-order valence-electron chi connectivity index (χ0n) is 10.8. The van der Waals surface area contributed by atoms with Crippen molar-refractivity contribution in [1.29, 1.82) is 0 Å². The molecule has 6 heteroatoms. The van der Waals surface area contributed by atoms with Gasteiger partial charge in [0.2, 0.25) is 0 Å². The molecule has 0 radical (unpaired) electrons. The fourth-order valence-electron chi connectivity index (χ4n) is 1.88. The monoisotopic (exact) mass is 269 g/mol. The summed E-state index contributed by atoms with van der Waals surface area (Å²) in [6.07, 6.45) is 1.01. The minimum atomic E-state index is -0.0326. The van der Waals surface area contributed by atoms with E-state index >= 15 is 0 Å². The van der Waals surface area contributed by atoms with E-state index in [2.05, 4.69) is 4.90 Å². The summed E-state index contributed by atoms with van der Waals surface area (Å²) in [5, 5.41) is 1.06. The fourth-order valence-corrected chi connectivity index (χ4v) is 3.04. The van der Waals surface area contributed by atoms with Gasteiger partial charge >= 0.3 is 0 Å². The van der Waals surface area contributed by atoms with Gasteiger partial charge < -0.3 is 20.3 Å². The van der Waals surface area contributed by atoms with Crippen molar-refractivity contribution in [1.82, 2.24) is 4.90 Å². The van der Waals surface area contributed by atoms with E-state index in [0.717, 1.165) is 37.7 Å². The van der Waals surface area contributed by atoms with E-state index in [9.17, 15) is 4.79 Å². The molecule has 0 saturated carbocycles. The molecular weight excluding hydrogens is 250 g/mol. The Kier molecular flexibility index (Phi) is 4.08. The van der Waals surface area contributed by atoms with Crippen LogP contribution in [0.1, 0.15) is 16.1 Å². The van der Waals surface area contributed by atoms with Crippen molar-refractivity contribution in [3.63, 3.8) is 0 Å². The van der Waals surface area contributed by atoms with Gasteiger partial charge in [-0.1, -0.05) is 0 Å². The van der Waals surface area contributed by atoms with Gasteiger partial charge in [-0.3, -0.25) is 4.79 Å². The van der Waals surface area contributed by atoms with Crippen molar-refractivity contribution in [2.45, 2.75) is 6.42 Å². The number of nitrogens with zero attached hydrogens (tertiary/aromatic N) is 2. The van der Waals surface area contributed by atoms with Crippen LogP contribution in [0.4, 0.5) is 10.7 Å². The predicted octanol–water partition coefficient (Wildman–Crippen LogP) is 1.26. The largest absolute Gasteiger partial charge is 0.397 e. The van der Waals surface area contributed by atoms with E-state index < -0.39 is 0 Å². The van der Waals surface area contributed by atoms with Gasteiger partial charge in [0.15, 0.2) is 0 Å². The number of nitrogens with two attached hydrogens (primary N) is 1. The van der Waals surface area contributed by atoms with Crippen LogP contribution in [0.15, 0.2) is 6.07 Å². The standard InChI is InChI=1S/C12H19N3O2S/c1-14(2)12(16)11-9(13)8-10(18-11)15-4-3-6-17-7-5-15/h8H,3-7,13H2,1-2H3. The minimum Gasteiger partial charge on any atom is -0.397 e. The van der Waals surface area contributed by atoms with Crippen LogP contribution in [0.25, 0.3) is 0 Å². The number of carbonyl (C=O) groups is 1. The van der Waals surface area contributed by atoms with Gasteiger partial charge in [0, 0.05) is 33.8 Å². The van der Waals surface area contributed by atoms with Crippen LogP contribution in [-0.4, -0.2) is 51.2 Å². The van der Waals surface area contributed by atoms with E-state index in [1.54, 1.807) is 19.0 Å². The van der Waals surface area contributed by atoms with Gasteiger partial charge in [-0.05, 0) is 12.5 Å². The molecule has 2 rings (SSSR count). The molecule has 0 aromatic carbocycles. The zero-order valence-corrected chi connectivity index (χ0v) is 11.6. The Balaban J connectivity index is 2.19. The smallest absolute Gasteiger partial charge is 0.265 e. The van der Waals surface area contributed by atoms with Gasteiger partial charge in [0.05, 0.1) is 17.3 Å². The third-order valence-electron chi connectivity index (χ3n) is 2.88. The Bertz CT molecular complexity index is 423. The highest BCUT2D eigenvalue weighted by Crippen LogP contribution is 2.33. The molecule has 0 aliphatic carbocycles. The molecule has 1 fully saturated rings. The molecule has 1 aromatic rings. The first-order chi connectivity index (χ1) is 8.59. The molecule has 5 nitrogen and oxygen atoms in total. The first-order valence-corrected chi connectivity index (χ1v) is 6.85. The van der Waals surface area contributed by atoms with Crippen LogP contribution in [0.5, 0.6) is 0 Å². The molecule has 1 saturated heterocycles. The second-order valence-electron chi connectivity index (χ2n) is 4.52. The lowest BCUT2D eigenvalue weighted by Gasteiger charge is -2.19. The molecule has 1 amide bonds. The Hall–Kier alpha value is -1.27. The molecule has 0 unspecified atom stereocenters.